The maximum atomic E-state index is 4.95. The molecule has 1 saturated heterocycles. The Morgan fingerprint density at radius 2 is 2.04 bits per heavy atom. The molecule has 0 bridgehead atoms. The average Bonchev–Trinajstić information content (AvgIpc) is 3.26. The lowest BCUT2D eigenvalue weighted by Crippen LogP contribution is -2.39. The number of aromatic nitrogens is 2. The molecule has 0 amide bonds. The van der Waals surface area contributed by atoms with E-state index < -0.39 is 0 Å². The second-order valence-electron chi connectivity index (χ2n) is 7.10. The molecule has 4 rings (SSSR count). The van der Waals surface area contributed by atoms with Crippen molar-refractivity contribution in [3.8, 4) is 10.7 Å². The molecule has 4 heterocycles. The van der Waals surface area contributed by atoms with Crippen LogP contribution in [0.1, 0.15) is 36.6 Å². The molecule has 1 aliphatic rings. The van der Waals surface area contributed by atoms with Gasteiger partial charge in [-0.15, -0.1) is 22.7 Å². The Morgan fingerprint density at radius 3 is 2.73 bits per heavy atom. The van der Waals surface area contributed by atoms with E-state index in [1.807, 2.05) is 0 Å². The molecule has 0 radical (unpaired) electrons. The molecule has 138 valence electrons. The summed E-state index contributed by atoms with van der Waals surface area (Å²) < 4.78 is 0. The number of hydrogen-bond donors (Lipinski definition) is 1. The number of likely N-dealkylation sites (tertiary alicyclic amines) is 1. The van der Waals surface area contributed by atoms with Crippen molar-refractivity contribution in [2.75, 3.05) is 25.0 Å². The van der Waals surface area contributed by atoms with E-state index >= 15 is 0 Å². The van der Waals surface area contributed by atoms with Gasteiger partial charge >= 0.3 is 0 Å². The van der Waals surface area contributed by atoms with Crippen LogP contribution in [-0.2, 0) is 0 Å². The Bertz CT molecular complexity index is 877. The third-order valence-electron chi connectivity index (χ3n) is 5.24. The van der Waals surface area contributed by atoms with Crippen LogP contribution in [0, 0.1) is 13.8 Å². The highest BCUT2D eigenvalue weighted by molar-refractivity contribution is 7.19. The minimum atomic E-state index is 0.497. The van der Waals surface area contributed by atoms with Crippen molar-refractivity contribution in [2.45, 2.75) is 46.1 Å². The maximum absolute atomic E-state index is 4.95. The predicted octanol–water partition coefficient (Wildman–Crippen LogP) is 5.32. The van der Waals surface area contributed by atoms with Crippen LogP contribution in [0.15, 0.2) is 17.5 Å². The summed E-state index contributed by atoms with van der Waals surface area (Å²) in [4.78, 5) is 16.0. The van der Waals surface area contributed by atoms with Crippen LogP contribution in [-0.4, -0.2) is 40.5 Å². The highest BCUT2D eigenvalue weighted by atomic mass is 32.1. The standard InChI is InChI=1S/C20H26N4S2/c1-4-9-24-10-7-15(8-11-24)21-19-17-13(2)14(3)26-20(17)23-18(22-19)16-6-5-12-25-16/h5-6,12,15H,4,7-11H2,1-3H3,(H,21,22,23). The van der Waals surface area contributed by atoms with Gasteiger partial charge in [-0.2, -0.15) is 0 Å². The first-order chi connectivity index (χ1) is 12.7. The van der Waals surface area contributed by atoms with Gasteiger partial charge in [0.25, 0.3) is 0 Å². The molecule has 0 saturated carbocycles. The number of thiophene rings is 2. The van der Waals surface area contributed by atoms with E-state index in [9.17, 15) is 0 Å². The van der Waals surface area contributed by atoms with E-state index in [1.54, 1.807) is 22.7 Å². The fourth-order valence-electron chi connectivity index (χ4n) is 3.68. The van der Waals surface area contributed by atoms with Crippen LogP contribution in [0.2, 0.25) is 0 Å². The van der Waals surface area contributed by atoms with Gasteiger partial charge in [0.2, 0.25) is 0 Å². The van der Waals surface area contributed by atoms with Gasteiger partial charge in [-0.3, -0.25) is 0 Å². The largest absolute Gasteiger partial charge is 0.367 e. The number of hydrogen-bond acceptors (Lipinski definition) is 6. The molecule has 0 spiro atoms. The van der Waals surface area contributed by atoms with Crippen molar-refractivity contribution in [1.82, 2.24) is 14.9 Å². The summed E-state index contributed by atoms with van der Waals surface area (Å²) in [6.07, 6.45) is 3.60. The summed E-state index contributed by atoms with van der Waals surface area (Å²) in [5.41, 5.74) is 1.31. The van der Waals surface area contributed by atoms with Crippen LogP contribution >= 0.6 is 22.7 Å². The molecule has 0 atom stereocenters. The van der Waals surface area contributed by atoms with Crippen LogP contribution in [0.3, 0.4) is 0 Å². The summed E-state index contributed by atoms with van der Waals surface area (Å²) in [5, 5.41) is 7.08. The number of aryl methyl sites for hydroxylation is 2. The summed E-state index contributed by atoms with van der Waals surface area (Å²) in [5.74, 6) is 1.87. The van der Waals surface area contributed by atoms with Crippen molar-refractivity contribution >= 4 is 38.7 Å². The third kappa shape index (κ3) is 3.50. The zero-order valence-corrected chi connectivity index (χ0v) is 17.3. The van der Waals surface area contributed by atoms with Crippen LogP contribution in [0.4, 0.5) is 5.82 Å². The molecule has 3 aromatic rings. The van der Waals surface area contributed by atoms with Gasteiger partial charge in [0, 0.05) is 24.0 Å². The van der Waals surface area contributed by atoms with Gasteiger partial charge in [0.15, 0.2) is 5.82 Å². The van der Waals surface area contributed by atoms with Crippen LogP contribution < -0.4 is 5.32 Å². The monoisotopic (exact) mass is 386 g/mol. The Hall–Kier alpha value is -1.50. The molecule has 3 aromatic heterocycles. The lowest BCUT2D eigenvalue weighted by atomic mass is 10.0. The summed E-state index contributed by atoms with van der Waals surface area (Å²) >= 11 is 3.48. The van der Waals surface area contributed by atoms with Crippen molar-refractivity contribution in [3.63, 3.8) is 0 Å². The topological polar surface area (TPSA) is 41.0 Å². The molecule has 0 aliphatic carbocycles. The van der Waals surface area contributed by atoms with Gasteiger partial charge < -0.3 is 10.2 Å². The number of piperidine rings is 1. The number of nitrogens with zero attached hydrogens (tertiary/aromatic N) is 3. The zero-order chi connectivity index (χ0) is 18.1. The van der Waals surface area contributed by atoms with E-state index in [4.69, 9.17) is 9.97 Å². The van der Waals surface area contributed by atoms with Gasteiger partial charge in [-0.05, 0) is 56.7 Å². The SMILES string of the molecule is CCCN1CCC(Nc2nc(-c3cccs3)nc3sc(C)c(C)c23)CC1. The van der Waals surface area contributed by atoms with E-state index in [1.165, 1.54) is 54.7 Å². The average molecular weight is 387 g/mol. The van der Waals surface area contributed by atoms with E-state index in [0.29, 0.717) is 6.04 Å². The smallest absolute Gasteiger partial charge is 0.173 e. The molecule has 1 fully saturated rings. The molecular weight excluding hydrogens is 360 g/mol. The Kier molecular flexibility index (Phi) is 5.25. The molecule has 0 aromatic carbocycles. The molecular formula is C20H26N4S2. The molecule has 0 unspecified atom stereocenters. The van der Waals surface area contributed by atoms with Crippen LogP contribution in [0.5, 0.6) is 0 Å². The van der Waals surface area contributed by atoms with Crippen LogP contribution in [0.25, 0.3) is 20.9 Å². The number of anilines is 1. The van der Waals surface area contributed by atoms with E-state index in [-0.39, 0.29) is 0 Å². The molecule has 6 heteroatoms. The second-order valence-corrected chi connectivity index (χ2v) is 9.25. The second kappa shape index (κ2) is 7.62. The van der Waals surface area contributed by atoms with Crippen molar-refractivity contribution in [3.05, 3.63) is 28.0 Å². The molecule has 26 heavy (non-hydrogen) atoms. The first-order valence-electron chi connectivity index (χ1n) is 9.46. The van der Waals surface area contributed by atoms with Gasteiger partial charge in [0.1, 0.15) is 10.6 Å². The zero-order valence-electron chi connectivity index (χ0n) is 15.7. The van der Waals surface area contributed by atoms with Crippen molar-refractivity contribution in [1.29, 1.82) is 0 Å². The summed E-state index contributed by atoms with van der Waals surface area (Å²) in [7, 11) is 0. The van der Waals surface area contributed by atoms with Gasteiger partial charge in [0.05, 0.1) is 10.3 Å². The number of fused-ring (bicyclic) bond motifs is 1. The minimum Gasteiger partial charge on any atom is -0.367 e. The predicted molar refractivity (Wildman–Crippen MR) is 114 cm³/mol. The quantitative estimate of drug-likeness (QED) is 0.644. The first-order valence-corrected chi connectivity index (χ1v) is 11.2. The normalized spacial score (nSPS) is 16.4. The highest BCUT2D eigenvalue weighted by Gasteiger charge is 2.22. The fourth-order valence-corrected chi connectivity index (χ4v) is 5.37. The fraction of sp³-hybridized carbons (Fsp3) is 0.500. The molecule has 4 nitrogen and oxygen atoms in total. The highest BCUT2D eigenvalue weighted by Crippen LogP contribution is 2.36. The lowest BCUT2D eigenvalue weighted by molar-refractivity contribution is 0.219. The van der Waals surface area contributed by atoms with Crippen molar-refractivity contribution in [2.24, 2.45) is 0 Å². The summed E-state index contributed by atoms with van der Waals surface area (Å²) in [6.45, 7) is 10.2. The minimum absolute atomic E-state index is 0.497. The summed E-state index contributed by atoms with van der Waals surface area (Å²) in [6, 6.07) is 4.67. The molecule has 1 N–H and O–H groups in total. The van der Waals surface area contributed by atoms with Crippen molar-refractivity contribution < 1.29 is 0 Å². The third-order valence-corrected chi connectivity index (χ3v) is 7.21. The Morgan fingerprint density at radius 1 is 1.23 bits per heavy atom. The van der Waals surface area contributed by atoms with Gasteiger partial charge in [-0.1, -0.05) is 13.0 Å². The van der Waals surface area contributed by atoms with E-state index in [2.05, 4.69) is 48.5 Å². The maximum Gasteiger partial charge on any atom is 0.173 e. The lowest BCUT2D eigenvalue weighted by Gasteiger charge is -2.32. The Balaban J connectivity index is 1.65. The Labute approximate surface area is 163 Å². The molecule has 1 aliphatic heterocycles. The number of rotatable bonds is 5. The van der Waals surface area contributed by atoms with E-state index in [0.717, 1.165) is 21.3 Å². The van der Waals surface area contributed by atoms with Gasteiger partial charge in [-0.25, -0.2) is 9.97 Å². The number of nitrogens with one attached hydrogen (secondary N) is 1. The first kappa shape index (κ1) is 17.9.